The summed E-state index contributed by atoms with van der Waals surface area (Å²) in [6.07, 6.45) is 0.0794. The Balaban J connectivity index is 2.36. The molecule has 0 bridgehead atoms. The van der Waals surface area contributed by atoms with Gasteiger partial charge in [0.1, 0.15) is 5.01 Å². The third-order valence-electron chi connectivity index (χ3n) is 2.79. The maximum absolute atomic E-state index is 11.0. The van der Waals surface area contributed by atoms with Gasteiger partial charge in [-0.25, -0.2) is 4.98 Å². The number of aliphatic carboxylic acids is 1. The van der Waals surface area contributed by atoms with Crippen LogP contribution in [0.15, 0.2) is 29.6 Å². The van der Waals surface area contributed by atoms with E-state index in [1.807, 2.05) is 43.5 Å². The van der Waals surface area contributed by atoms with E-state index in [1.165, 1.54) is 16.9 Å². The highest BCUT2D eigenvalue weighted by atomic mass is 32.1. The number of aryl methyl sites for hydroxylation is 2. The largest absolute Gasteiger partial charge is 0.481 e. The van der Waals surface area contributed by atoms with E-state index in [9.17, 15) is 4.79 Å². The lowest BCUT2D eigenvalue weighted by atomic mass is 9.95. The molecule has 0 amide bonds. The molecule has 0 aliphatic heterocycles. The van der Waals surface area contributed by atoms with Crippen molar-refractivity contribution in [2.24, 2.45) is 0 Å². The van der Waals surface area contributed by atoms with Crippen LogP contribution in [0.1, 0.15) is 34.2 Å². The molecule has 0 saturated heterocycles. The predicted molar refractivity (Wildman–Crippen MR) is 72.1 cm³/mol. The molecule has 0 radical (unpaired) electrons. The van der Waals surface area contributed by atoms with Crippen LogP contribution in [0.5, 0.6) is 0 Å². The van der Waals surface area contributed by atoms with Crippen LogP contribution in [0.4, 0.5) is 0 Å². The fraction of sp³-hybridized carbons (Fsp3) is 0.286. The predicted octanol–water partition coefficient (Wildman–Crippen LogP) is 3.37. The molecule has 2 rings (SSSR count). The minimum absolute atomic E-state index is 0.0794. The van der Waals surface area contributed by atoms with E-state index in [-0.39, 0.29) is 12.3 Å². The average molecular weight is 261 g/mol. The Hall–Kier alpha value is -1.68. The van der Waals surface area contributed by atoms with Crippen LogP contribution in [0.25, 0.3) is 0 Å². The fourth-order valence-electron chi connectivity index (χ4n) is 1.85. The van der Waals surface area contributed by atoms with Crippen LogP contribution in [-0.2, 0) is 4.79 Å². The summed E-state index contributed by atoms with van der Waals surface area (Å²) >= 11 is 1.52. The first-order chi connectivity index (χ1) is 8.56. The Morgan fingerprint density at radius 2 is 2.00 bits per heavy atom. The molecule has 0 saturated carbocycles. The molecule has 1 aromatic carbocycles. The lowest BCUT2D eigenvalue weighted by Crippen LogP contribution is -2.07. The van der Waals surface area contributed by atoms with Gasteiger partial charge in [-0.3, -0.25) is 4.79 Å². The van der Waals surface area contributed by atoms with Crippen molar-refractivity contribution in [2.75, 3.05) is 0 Å². The summed E-state index contributed by atoms with van der Waals surface area (Å²) in [5.74, 6) is -0.949. The summed E-state index contributed by atoms with van der Waals surface area (Å²) in [5.41, 5.74) is 3.12. The van der Waals surface area contributed by atoms with Crippen molar-refractivity contribution in [3.8, 4) is 0 Å². The lowest BCUT2D eigenvalue weighted by Gasteiger charge is -2.12. The van der Waals surface area contributed by atoms with Crippen LogP contribution in [0, 0.1) is 13.8 Å². The number of hydrogen-bond donors (Lipinski definition) is 1. The summed E-state index contributed by atoms with van der Waals surface area (Å²) in [4.78, 5) is 15.4. The monoisotopic (exact) mass is 261 g/mol. The lowest BCUT2D eigenvalue weighted by molar-refractivity contribution is -0.137. The van der Waals surface area contributed by atoms with Gasteiger partial charge < -0.3 is 5.11 Å². The minimum Gasteiger partial charge on any atom is -0.481 e. The SMILES string of the molecule is Cc1ccc(C(CC(=O)O)c2nc(C)cs2)cc1. The Morgan fingerprint density at radius 1 is 1.33 bits per heavy atom. The van der Waals surface area contributed by atoms with Crippen LogP contribution < -0.4 is 0 Å². The smallest absolute Gasteiger partial charge is 0.304 e. The number of carboxylic acids is 1. The number of rotatable bonds is 4. The quantitative estimate of drug-likeness (QED) is 0.918. The Labute approximate surface area is 110 Å². The number of hydrogen-bond acceptors (Lipinski definition) is 3. The van der Waals surface area contributed by atoms with Gasteiger partial charge in [0.15, 0.2) is 0 Å². The zero-order chi connectivity index (χ0) is 13.1. The molecule has 0 aliphatic carbocycles. The average Bonchev–Trinajstić information content (AvgIpc) is 2.74. The molecule has 18 heavy (non-hydrogen) atoms. The van der Waals surface area contributed by atoms with Crippen molar-refractivity contribution in [1.82, 2.24) is 4.98 Å². The van der Waals surface area contributed by atoms with Gasteiger partial charge in [-0.15, -0.1) is 11.3 Å². The first-order valence-corrected chi connectivity index (χ1v) is 6.64. The number of carboxylic acid groups (broad SMARTS) is 1. The third kappa shape index (κ3) is 2.96. The van der Waals surface area contributed by atoms with Crippen LogP contribution in [0.2, 0.25) is 0 Å². The maximum Gasteiger partial charge on any atom is 0.304 e. The second-order valence-electron chi connectivity index (χ2n) is 4.39. The number of benzene rings is 1. The van der Waals surface area contributed by atoms with Gasteiger partial charge in [0.05, 0.1) is 6.42 Å². The molecule has 1 heterocycles. The topological polar surface area (TPSA) is 50.2 Å². The van der Waals surface area contributed by atoms with E-state index in [0.29, 0.717) is 0 Å². The van der Waals surface area contributed by atoms with Crippen molar-refractivity contribution in [1.29, 1.82) is 0 Å². The molecule has 0 aliphatic rings. The van der Waals surface area contributed by atoms with Crippen molar-refractivity contribution in [3.63, 3.8) is 0 Å². The number of nitrogens with zero attached hydrogens (tertiary/aromatic N) is 1. The summed E-state index contributed by atoms with van der Waals surface area (Å²) in [6, 6.07) is 7.98. The van der Waals surface area contributed by atoms with Gasteiger partial charge in [-0.2, -0.15) is 0 Å². The summed E-state index contributed by atoms with van der Waals surface area (Å²) < 4.78 is 0. The highest BCUT2D eigenvalue weighted by Gasteiger charge is 2.20. The number of aromatic nitrogens is 1. The van der Waals surface area contributed by atoms with Crippen molar-refractivity contribution >= 4 is 17.3 Å². The van der Waals surface area contributed by atoms with E-state index in [1.54, 1.807) is 0 Å². The van der Waals surface area contributed by atoms with Crippen molar-refractivity contribution in [2.45, 2.75) is 26.2 Å². The van der Waals surface area contributed by atoms with Gasteiger partial charge in [-0.1, -0.05) is 29.8 Å². The summed E-state index contributed by atoms with van der Waals surface area (Å²) in [7, 11) is 0. The molecule has 0 spiro atoms. The Bertz CT molecular complexity index is 545. The van der Waals surface area contributed by atoms with E-state index < -0.39 is 5.97 Å². The second-order valence-corrected chi connectivity index (χ2v) is 5.28. The molecule has 1 aromatic heterocycles. The van der Waals surface area contributed by atoms with Crippen LogP contribution in [-0.4, -0.2) is 16.1 Å². The molecular weight excluding hydrogens is 246 g/mol. The van der Waals surface area contributed by atoms with Gasteiger partial charge in [0.25, 0.3) is 0 Å². The van der Waals surface area contributed by atoms with Gasteiger partial charge in [0, 0.05) is 17.0 Å². The van der Waals surface area contributed by atoms with Crippen molar-refractivity contribution in [3.05, 3.63) is 51.5 Å². The van der Waals surface area contributed by atoms with E-state index in [0.717, 1.165) is 16.3 Å². The highest BCUT2D eigenvalue weighted by Crippen LogP contribution is 2.30. The zero-order valence-electron chi connectivity index (χ0n) is 10.4. The van der Waals surface area contributed by atoms with E-state index >= 15 is 0 Å². The molecule has 3 nitrogen and oxygen atoms in total. The molecule has 94 valence electrons. The van der Waals surface area contributed by atoms with Gasteiger partial charge in [-0.05, 0) is 19.4 Å². The Morgan fingerprint density at radius 3 is 2.50 bits per heavy atom. The highest BCUT2D eigenvalue weighted by molar-refractivity contribution is 7.09. The first kappa shape index (κ1) is 12.8. The zero-order valence-corrected chi connectivity index (χ0v) is 11.2. The van der Waals surface area contributed by atoms with E-state index in [4.69, 9.17) is 5.11 Å². The molecule has 4 heteroatoms. The molecular formula is C14H15NO2S. The molecule has 1 unspecified atom stereocenters. The molecule has 0 fully saturated rings. The minimum atomic E-state index is -0.798. The standard InChI is InChI=1S/C14H15NO2S/c1-9-3-5-11(6-4-9)12(7-13(16)17)14-15-10(2)8-18-14/h3-6,8,12H,7H2,1-2H3,(H,16,17). The van der Waals surface area contributed by atoms with E-state index in [2.05, 4.69) is 4.98 Å². The second kappa shape index (κ2) is 5.31. The number of thiazole rings is 1. The first-order valence-electron chi connectivity index (χ1n) is 5.76. The number of carbonyl (C=O) groups is 1. The van der Waals surface area contributed by atoms with Gasteiger partial charge in [0.2, 0.25) is 0 Å². The molecule has 1 N–H and O–H groups in total. The summed E-state index contributed by atoms with van der Waals surface area (Å²) in [6.45, 7) is 3.94. The molecule has 2 aromatic rings. The van der Waals surface area contributed by atoms with Crippen LogP contribution >= 0.6 is 11.3 Å². The summed E-state index contributed by atoms with van der Waals surface area (Å²) in [5, 5.41) is 11.9. The fourth-order valence-corrected chi connectivity index (χ4v) is 2.78. The normalized spacial score (nSPS) is 12.3. The van der Waals surface area contributed by atoms with Crippen LogP contribution in [0.3, 0.4) is 0 Å². The van der Waals surface area contributed by atoms with Crippen molar-refractivity contribution < 1.29 is 9.90 Å². The Kier molecular flexibility index (Phi) is 3.77. The third-order valence-corrected chi connectivity index (χ3v) is 3.87. The molecule has 1 atom stereocenters. The van der Waals surface area contributed by atoms with Gasteiger partial charge >= 0.3 is 5.97 Å². The maximum atomic E-state index is 11.0.